The van der Waals surface area contributed by atoms with E-state index in [4.69, 9.17) is 23.2 Å². The van der Waals surface area contributed by atoms with Gasteiger partial charge < -0.3 is 0 Å². The van der Waals surface area contributed by atoms with Crippen molar-refractivity contribution in [2.75, 3.05) is 0 Å². The van der Waals surface area contributed by atoms with Crippen LogP contribution in [0.5, 0.6) is 0 Å². The Morgan fingerprint density at radius 2 is 1.82 bits per heavy atom. The maximum Gasteiger partial charge on any atom is 0.241 e. The number of halogens is 3. The van der Waals surface area contributed by atoms with Crippen LogP contribution >= 0.6 is 39.1 Å². The van der Waals surface area contributed by atoms with Gasteiger partial charge in [-0.05, 0) is 53.9 Å². The Morgan fingerprint density at radius 3 is 2.50 bits per heavy atom. The van der Waals surface area contributed by atoms with Crippen molar-refractivity contribution >= 4 is 49.2 Å². The second kappa shape index (κ2) is 7.32. The van der Waals surface area contributed by atoms with E-state index < -0.39 is 10.0 Å². The first kappa shape index (κ1) is 17.8. The van der Waals surface area contributed by atoms with E-state index >= 15 is 0 Å². The summed E-state index contributed by atoms with van der Waals surface area (Å²) in [6.07, 6.45) is 0.619. The third-order valence-corrected chi connectivity index (χ3v) is 5.75. The molecule has 0 bridgehead atoms. The van der Waals surface area contributed by atoms with Gasteiger partial charge in [0, 0.05) is 21.1 Å². The highest BCUT2D eigenvalue weighted by molar-refractivity contribution is 9.10. The minimum atomic E-state index is -3.62. The van der Waals surface area contributed by atoms with Crippen molar-refractivity contribution in [2.24, 2.45) is 0 Å². The molecule has 3 nitrogen and oxygen atoms in total. The van der Waals surface area contributed by atoms with Gasteiger partial charge >= 0.3 is 0 Å². The third kappa shape index (κ3) is 4.24. The number of hydrogen-bond acceptors (Lipinski definition) is 2. The van der Waals surface area contributed by atoms with Gasteiger partial charge in [0.1, 0.15) is 0 Å². The summed E-state index contributed by atoms with van der Waals surface area (Å²) in [4.78, 5) is 0.274. The Kier molecular flexibility index (Phi) is 5.91. The highest BCUT2D eigenvalue weighted by Crippen LogP contribution is 2.23. The van der Waals surface area contributed by atoms with Gasteiger partial charge in [-0.3, -0.25) is 0 Å². The summed E-state index contributed by atoms with van der Waals surface area (Å²) in [5, 5.41) is 0.982. The van der Waals surface area contributed by atoms with Gasteiger partial charge in [-0.15, -0.1) is 0 Å². The van der Waals surface area contributed by atoms with E-state index in [0.717, 1.165) is 10.0 Å². The molecular weight excluding hydrogens is 409 g/mol. The van der Waals surface area contributed by atoms with Crippen molar-refractivity contribution in [1.29, 1.82) is 0 Å². The fourth-order valence-corrected chi connectivity index (χ4v) is 4.10. The maximum absolute atomic E-state index is 12.5. The molecule has 0 aliphatic heterocycles. The lowest BCUT2D eigenvalue weighted by Crippen LogP contribution is -2.24. The molecule has 1 N–H and O–H groups in total. The largest absolute Gasteiger partial charge is 0.241 e. The molecule has 2 aromatic rings. The highest BCUT2D eigenvalue weighted by atomic mass is 79.9. The number of sulfonamides is 1. The zero-order valence-electron chi connectivity index (χ0n) is 11.7. The van der Waals surface area contributed by atoms with Gasteiger partial charge in [0.2, 0.25) is 10.0 Å². The predicted molar refractivity (Wildman–Crippen MR) is 94.0 cm³/mol. The molecule has 0 atom stereocenters. The molecule has 0 aliphatic rings. The molecule has 0 unspecified atom stereocenters. The standard InChI is InChI=1S/C15H14BrCl2NO2S/c1-2-10-7-12(16)3-6-15(10)22(20,21)19-9-11-8-13(17)4-5-14(11)18/h3-8,19H,2,9H2,1H3. The Bertz CT molecular complexity index is 794. The van der Waals surface area contributed by atoms with Crippen molar-refractivity contribution < 1.29 is 8.42 Å². The highest BCUT2D eigenvalue weighted by Gasteiger charge is 2.18. The minimum absolute atomic E-state index is 0.0843. The number of hydrogen-bond donors (Lipinski definition) is 1. The van der Waals surface area contributed by atoms with E-state index in [1.807, 2.05) is 6.92 Å². The molecule has 118 valence electrons. The molecule has 0 heterocycles. The molecule has 0 saturated carbocycles. The topological polar surface area (TPSA) is 46.2 Å². The lowest BCUT2D eigenvalue weighted by Gasteiger charge is -2.12. The number of nitrogens with one attached hydrogen (secondary N) is 1. The molecule has 0 spiro atoms. The molecule has 2 rings (SSSR count). The minimum Gasteiger partial charge on any atom is -0.207 e. The van der Waals surface area contributed by atoms with Crippen LogP contribution in [0, 0.1) is 0 Å². The van der Waals surface area contributed by atoms with Crippen LogP contribution in [-0.2, 0) is 23.0 Å². The fraction of sp³-hybridized carbons (Fsp3) is 0.200. The Labute approximate surface area is 148 Å². The molecule has 0 aromatic heterocycles. The zero-order chi connectivity index (χ0) is 16.3. The van der Waals surface area contributed by atoms with Crippen molar-refractivity contribution in [3.05, 3.63) is 62.0 Å². The average molecular weight is 423 g/mol. The molecule has 2 aromatic carbocycles. The summed E-state index contributed by atoms with van der Waals surface area (Å²) in [5.41, 5.74) is 1.38. The lowest BCUT2D eigenvalue weighted by molar-refractivity contribution is 0.580. The van der Waals surface area contributed by atoms with E-state index in [-0.39, 0.29) is 11.4 Å². The van der Waals surface area contributed by atoms with Crippen molar-refractivity contribution in [2.45, 2.75) is 24.8 Å². The first-order valence-corrected chi connectivity index (χ1v) is 9.58. The molecule has 0 fully saturated rings. The molecule has 0 aliphatic carbocycles. The Morgan fingerprint density at radius 1 is 1.09 bits per heavy atom. The molecule has 0 saturated heterocycles. The van der Waals surface area contributed by atoms with E-state index in [9.17, 15) is 8.42 Å². The van der Waals surface area contributed by atoms with Crippen LogP contribution in [0.2, 0.25) is 10.0 Å². The van der Waals surface area contributed by atoms with Crippen molar-refractivity contribution in [3.63, 3.8) is 0 Å². The summed E-state index contributed by atoms with van der Waals surface area (Å²) in [5.74, 6) is 0. The van der Waals surface area contributed by atoms with Gasteiger partial charge in [0.25, 0.3) is 0 Å². The first-order valence-electron chi connectivity index (χ1n) is 6.55. The van der Waals surface area contributed by atoms with Crippen molar-refractivity contribution in [3.8, 4) is 0 Å². The Hall–Kier alpha value is -0.590. The van der Waals surface area contributed by atoms with Crippen molar-refractivity contribution in [1.82, 2.24) is 4.72 Å². The third-order valence-electron chi connectivity index (χ3n) is 3.15. The maximum atomic E-state index is 12.5. The first-order chi connectivity index (χ1) is 10.3. The second-order valence-electron chi connectivity index (χ2n) is 4.67. The molecule has 7 heteroatoms. The lowest BCUT2D eigenvalue weighted by atomic mass is 10.2. The van der Waals surface area contributed by atoms with Gasteiger partial charge in [-0.2, -0.15) is 0 Å². The monoisotopic (exact) mass is 421 g/mol. The van der Waals surface area contributed by atoms with E-state index in [1.165, 1.54) is 0 Å². The second-order valence-corrected chi connectivity index (χ2v) is 8.16. The smallest absolute Gasteiger partial charge is 0.207 e. The van der Waals surface area contributed by atoms with Crippen LogP contribution < -0.4 is 4.72 Å². The van der Waals surface area contributed by atoms with Crippen LogP contribution in [-0.4, -0.2) is 8.42 Å². The zero-order valence-corrected chi connectivity index (χ0v) is 15.7. The van der Waals surface area contributed by atoms with Gasteiger partial charge in [-0.1, -0.05) is 46.1 Å². The fourth-order valence-electron chi connectivity index (χ4n) is 2.02. The molecule has 0 radical (unpaired) electrons. The van der Waals surface area contributed by atoms with Gasteiger partial charge in [0.15, 0.2) is 0 Å². The van der Waals surface area contributed by atoms with Crippen LogP contribution in [0.4, 0.5) is 0 Å². The molecular formula is C15H14BrCl2NO2S. The van der Waals surface area contributed by atoms with E-state index in [0.29, 0.717) is 22.0 Å². The Balaban J connectivity index is 2.27. The normalized spacial score (nSPS) is 11.6. The summed E-state index contributed by atoms with van der Waals surface area (Å²) < 4.78 is 28.4. The van der Waals surface area contributed by atoms with Gasteiger partial charge in [-0.25, -0.2) is 13.1 Å². The summed E-state index contributed by atoms with van der Waals surface area (Å²) >= 11 is 15.3. The number of benzene rings is 2. The van der Waals surface area contributed by atoms with Gasteiger partial charge in [0.05, 0.1) is 4.90 Å². The van der Waals surface area contributed by atoms with Crippen LogP contribution in [0.3, 0.4) is 0 Å². The number of aryl methyl sites for hydroxylation is 1. The van der Waals surface area contributed by atoms with Crippen LogP contribution in [0.25, 0.3) is 0 Å². The molecule has 22 heavy (non-hydrogen) atoms. The quantitative estimate of drug-likeness (QED) is 0.752. The van der Waals surface area contributed by atoms with Crippen LogP contribution in [0.15, 0.2) is 45.8 Å². The SMILES string of the molecule is CCc1cc(Br)ccc1S(=O)(=O)NCc1cc(Cl)ccc1Cl. The van der Waals surface area contributed by atoms with Crippen LogP contribution in [0.1, 0.15) is 18.1 Å². The molecule has 0 amide bonds. The van der Waals surface area contributed by atoms with E-state index in [1.54, 1.807) is 36.4 Å². The number of rotatable bonds is 5. The average Bonchev–Trinajstić information content (AvgIpc) is 2.47. The summed E-state index contributed by atoms with van der Waals surface area (Å²) in [6.45, 7) is 2.00. The van der Waals surface area contributed by atoms with E-state index in [2.05, 4.69) is 20.7 Å². The predicted octanol–water partition coefficient (Wildman–Crippen LogP) is 4.80. The summed E-state index contributed by atoms with van der Waals surface area (Å²) in [7, 11) is -3.62. The summed E-state index contributed by atoms with van der Waals surface area (Å²) in [6, 6.07) is 10.1.